The van der Waals surface area contributed by atoms with Crippen LogP contribution in [-0.4, -0.2) is 19.4 Å². The van der Waals surface area contributed by atoms with Gasteiger partial charge in [-0.3, -0.25) is 4.99 Å². The normalized spacial score (nSPS) is 18.4. The number of allylic oxidation sites excluding steroid dienone is 1. The molecule has 0 heterocycles. The van der Waals surface area contributed by atoms with Crippen molar-refractivity contribution in [2.24, 2.45) is 4.99 Å². The third kappa shape index (κ3) is 2.64. The zero-order chi connectivity index (χ0) is 13.8. The molecule has 0 fully saturated rings. The van der Waals surface area contributed by atoms with Gasteiger partial charge >= 0.3 is 0 Å². The van der Waals surface area contributed by atoms with Crippen LogP contribution >= 0.6 is 0 Å². The van der Waals surface area contributed by atoms with Crippen molar-refractivity contribution in [1.82, 2.24) is 0 Å². The van der Waals surface area contributed by atoms with Gasteiger partial charge in [0.1, 0.15) is 5.76 Å². The van der Waals surface area contributed by atoms with Crippen molar-refractivity contribution in [2.75, 3.05) is 7.11 Å². The summed E-state index contributed by atoms with van der Waals surface area (Å²) in [6, 6.07) is 14.9. The Morgan fingerprint density at radius 1 is 1.15 bits per heavy atom. The summed E-state index contributed by atoms with van der Waals surface area (Å²) >= 11 is 0. The van der Waals surface area contributed by atoms with Crippen LogP contribution in [0.15, 0.2) is 71.4 Å². The van der Waals surface area contributed by atoms with Gasteiger partial charge in [-0.25, -0.2) is 0 Å². The minimum Gasteiger partial charge on any atom is -0.497 e. The second kappa shape index (κ2) is 5.74. The van der Waals surface area contributed by atoms with Crippen LogP contribution in [0.5, 0.6) is 0 Å². The van der Waals surface area contributed by atoms with Crippen LogP contribution in [0, 0.1) is 0 Å². The molecule has 100 valence electrons. The van der Waals surface area contributed by atoms with E-state index in [1.54, 1.807) is 7.11 Å². The smallest absolute Gasteiger partial charge is 0.114 e. The maximum Gasteiger partial charge on any atom is 0.114 e. The first-order chi connectivity index (χ1) is 9.86. The number of hydrogen-bond donors (Lipinski definition) is 0. The molecular formula is C18H17NO. The summed E-state index contributed by atoms with van der Waals surface area (Å²) in [5.74, 6) is 0.918. The fraction of sp³-hybridized carbons (Fsp3) is 0.167. The van der Waals surface area contributed by atoms with E-state index in [0.29, 0.717) is 0 Å². The zero-order valence-corrected chi connectivity index (χ0v) is 11.5. The Morgan fingerprint density at radius 2 is 2.00 bits per heavy atom. The monoisotopic (exact) mass is 263 g/mol. The largest absolute Gasteiger partial charge is 0.497 e. The van der Waals surface area contributed by atoms with Crippen molar-refractivity contribution < 1.29 is 4.74 Å². The second-order valence-corrected chi connectivity index (χ2v) is 4.82. The Kier molecular flexibility index (Phi) is 3.64. The average Bonchev–Trinajstić information content (AvgIpc) is 2.53. The van der Waals surface area contributed by atoms with Crippen molar-refractivity contribution in [3.05, 3.63) is 72.0 Å². The quantitative estimate of drug-likeness (QED) is 0.763. The molecule has 0 aromatic heterocycles. The highest BCUT2D eigenvalue weighted by molar-refractivity contribution is 5.99. The molecule has 1 unspecified atom stereocenters. The standard InChI is InChI=1S/C18H17NO/c1-20-17-11-9-16(10-12-17)19-13-15-7-4-6-14-5-2-3-8-18(14)15/h2-9,11-13,16H,10H2,1H3. The number of fused-ring (bicyclic) bond motifs is 1. The van der Waals surface area contributed by atoms with E-state index in [0.717, 1.165) is 17.7 Å². The van der Waals surface area contributed by atoms with E-state index in [9.17, 15) is 0 Å². The van der Waals surface area contributed by atoms with Crippen LogP contribution in [0.2, 0.25) is 0 Å². The number of aliphatic imine (C=N–C) groups is 1. The second-order valence-electron chi connectivity index (χ2n) is 4.82. The minimum atomic E-state index is 0.202. The summed E-state index contributed by atoms with van der Waals surface area (Å²) in [5, 5.41) is 2.49. The lowest BCUT2D eigenvalue weighted by atomic mass is 10.0. The summed E-state index contributed by atoms with van der Waals surface area (Å²) < 4.78 is 5.18. The van der Waals surface area contributed by atoms with E-state index in [4.69, 9.17) is 4.74 Å². The first kappa shape index (κ1) is 12.7. The van der Waals surface area contributed by atoms with Gasteiger partial charge in [0.25, 0.3) is 0 Å². The first-order valence-corrected chi connectivity index (χ1v) is 6.80. The SMILES string of the molecule is COC1=CCC(N=Cc2cccc3ccccc23)C=C1. The van der Waals surface area contributed by atoms with E-state index in [2.05, 4.69) is 59.6 Å². The van der Waals surface area contributed by atoms with Gasteiger partial charge in [-0.1, -0.05) is 48.5 Å². The van der Waals surface area contributed by atoms with Gasteiger partial charge in [-0.15, -0.1) is 0 Å². The van der Waals surface area contributed by atoms with Crippen LogP contribution in [0.3, 0.4) is 0 Å². The molecule has 3 rings (SSSR count). The van der Waals surface area contributed by atoms with Crippen LogP contribution in [0.25, 0.3) is 10.8 Å². The Bertz CT molecular complexity index is 692. The molecule has 2 heteroatoms. The molecule has 1 atom stereocenters. The fourth-order valence-corrected chi connectivity index (χ4v) is 2.39. The summed E-state index contributed by atoms with van der Waals surface area (Å²) in [5.41, 5.74) is 1.16. The number of methoxy groups -OCH3 is 1. The van der Waals surface area contributed by atoms with Crippen molar-refractivity contribution in [1.29, 1.82) is 0 Å². The van der Waals surface area contributed by atoms with Gasteiger partial charge in [-0.2, -0.15) is 0 Å². The lowest BCUT2D eigenvalue weighted by molar-refractivity contribution is 0.303. The van der Waals surface area contributed by atoms with E-state index >= 15 is 0 Å². The Morgan fingerprint density at radius 3 is 2.80 bits per heavy atom. The van der Waals surface area contributed by atoms with Crippen LogP contribution in [0.4, 0.5) is 0 Å². The van der Waals surface area contributed by atoms with Crippen LogP contribution < -0.4 is 0 Å². The van der Waals surface area contributed by atoms with Crippen molar-refractivity contribution in [3.8, 4) is 0 Å². The molecule has 2 aromatic rings. The van der Waals surface area contributed by atoms with Gasteiger partial charge in [0.2, 0.25) is 0 Å². The van der Waals surface area contributed by atoms with E-state index < -0.39 is 0 Å². The summed E-state index contributed by atoms with van der Waals surface area (Å²) in [6.45, 7) is 0. The van der Waals surface area contributed by atoms with Gasteiger partial charge in [-0.05, 0) is 29.3 Å². The molecule has 0 N–H and O–H groups in total. The molecule has 1 aliphatic carbocycles. The fourth-order valence-electron chi connectivity index (χ4n) is 2.39. The molecular weight excluding hydrogens is 246 g/mol. The number of hydrogen-bond acceptors (Lipinski definition) is 2. The number of rotatable bonds is 3. The summed E-state index contributed by atoms with van der Waals surface area (Å²) in [6.07, 6.45) is 9.00. The first-order valence-electron chi connectivity index (χ1n) is 6.80. The van der Waals surface area contributed by atoms with Crippen molar-refractivity contribution in [3.63, 3.8) is 0 Å². The lowest BCUT2D eigenvalue weighted by Gasteiger charge is -2.11. The average molecular weight is 263 g/mol. The lowest BCUT2D eigenvalue weighted by Crippen LogP contribution is -2.04. The molecule has 0 bridgehead atoms. The Labute approximate surface area is 119 Å². The van der Waals surface area contributed by atoms with Crippen LogP contribution in [0.1, 0.15) is 12.0 Å². The molecule has 20 heavy (non-hydrogen) atoms. The van der Waals surface area contributed by atoms with Gasteiger partial charge in [0, 0.05) is 11.8 Å². The van der Waals surface area contributed by atoms with Crippen molar-refractivity contribution >= 4 is 17.0 Å². The van der Waals surface area contributed by atoms with E-state index in [1.807, 2.05) is 12.3 Å². The predicted molar refractivity (Wildman–Crippen MR) is 84.2 cm³/mol. The molecule has 0 radical (unpaired) electrons. The number of benzene rings is 2. The summed E-state index contributed by atoms with van der Waals surface area (Å²) in [4.78, 5) is 4.66. The molecule has 2 aromatic carbocycles. The predicted octanol–water partition coefficient (Wildman–Crippen LogP) is 4.12. The third-order valence-corrected chi connectivity index (χ3v) is 3.51. The van der Waals surface area contributed by atoms with Crippen molar-refractivity contribution in [2.45, 2.75) is 12.5 Å². The van der Waals surface area contributed by atoms with Gasteiger partial charge < -0.3 is 4.74 Å². The summed E-state index contributed by atoms with van der Waals surface area (Å²) in [7, 11) is 1.69. The van der Waals surface area contributed by atoms with E-state index in [1.165, 1.54) is 10.8 Å². The Balaban J connectivity index is 1.82. The highest BCUT2D eigenvalue weighted by Crippen LogP contribution is 2.18. The molecule has 0 saturated heterocycles. The molecule has 0 spiro atoms. The van der Waals surface area contributed by atoms with Gasteiger partial charge in [0.15, 0.2) is 0 Å². The molecule has 2 nitrogen and oxygen atoms in total. The zero-order valence-electron chi connectivity index (χ0n) is 11.5. The molecule has 0 aliphatic heterocycles. The number of ether oxygens (including phenoxy) is 1. The topological polar surface area (TPSA) is 21.6 Å². The maximum atomic E-state index is 5.18. The third-order valence-electron chi connectivity index (χ3n) is 3.51. The van der Waals surface area contributed by atoms with Gasteiger partial charge in [0.05, 0.1) is 13.2 Å². The Hall–Kier alpha value is -2.35. The highest BCUT2D eigenvalue weighted by atomic mass is 16.5. The van der Waals surface area contributed by atoms with E-state index in [-0.39, 0.29) is 6.04 Å². The van der Waals surface area contributed by atoms with Crippen LogP contribution in [-0.2, 0) is 4.74 Å². The highest BCUT2D eigenvalue weighted by Gasteiger charge is 2.06. The molecule has 0 saturated carbocycles. The minimum absolute atomic E-state index is 0.202. The molecule has 0 amide bonds. The molecule has 1 aliphatic rings. The number of nitrogens with zero attached hydrogens (tertiary/aromatic N) is 1. The maximum absolute atomic E-state index is 5.18.